The summed E-state index contributed by atoms with van der Waals surface area (Å²) in [6.07, 6.45) is 0. The molecule has 2 aromatic rings. The molecule has 2 rings (SSSR count). The molecule has 16 heavy (non-hydrogen) atoms. The van der Waals surface area contributed by atoms with E-state index in [1.165, 1.54) is 12.1 Å². The van der Waals surface area contributed by atoms with E-state index in [1.54, 1.807) is 0 Å². The normalized spacial score (nSPS) is 12.4. The van der Waals surface area contributed by atoms with E-state index >= 15 is 0 Å². The molecular formula is C14H12ClF. The molecule has 2 aromatic carbocycles. The van der Waals surface area contributed by atoms with Crippen molar-refractivity contribution in [2.45, 2.75) is 12.3 Å². The third kappa shape index (κ3) is 2.42. The Bertz CT molecular complexity index is 459. The van der Waals surface area contributed by atoms with Crippen LogP contribution in [0.3, 0.4) is 0 Å². The molecule has 0 amide bonds. The van der Waals surface area contributed by atoms with Crippen molar-refractivity contribution in [2.75, 3.05) is 0 Å². The number of benzene rings is 2. The summed E-state index contributed by atoms with van der Waals surface area (Å²) in [4.78, 5) is 0. The minimum atomic E-state index is -0.296. The van der Waals surface area contributed by atoms with E-state index in [9.17, 15) is 4.39 Å². The van der Waals surface area contributed by atoms with Crippen LogP contribution in [0.4, 0.5) is 4.39 Å². The lowest BCUT2D eigenvalue weighted by atomic mass is 10.0. The highest BCUT2D eigenvalue weighted by Gasteiger charge is 2.11. The van der Waals surface area contributed by atoms with E-state index in [0.717, 1.165) is 16.7 Å². The average molecular weight is 235 g/mol. The van der Waals surface area contributed by atoms with Gasteiger partial charge in [0.15, 0.2) is 0 Å². The molecule has 0 heterocycles. The fourth-order valence-electron chi connectivity index (χ4n) is 1.73. The van der Waals surface area contributed by atoms with Gasteiger partial charge in [0.25, 0.3) is 0 Å². The zero-order valence-corrected chi connectivity index (χ0v) is 9.71. The van der Waals surface area contributed by atoms with Gasteiger partial charge >= 0.3 is 0 Å². The molecule has 0 fully saturated rings. The number of alkyl halides is 1. The predicted octanol–water partition coefficient (Wildman–Crippen LogP) is 4.46. The number of hydrogen-bond acceptors (Lipinski definition) is 0. The Morgan fingerprint density at radius 2 is 1.69 bits per heavy atom. The Kier molecular flexibility index (Phi) is 3.25. The third-order valence-electron chi connectivity index (χ3n) is 2.45. The number of halogens is 2. The first-order chi connectivity index (χ1) is 7.66. The van der Waals surface area contributed by atoms with Crippen molar-refractivity contribution in [1.29, 1.82) is 0 Å². The smallest absolute Gasteiger partial charge is 0.123 e. The molecule has 1 atom stereocenters. The summed E-state index contributed by atoms with van der Waals surface area (Å²) in [5.41, 5.74) is 2.66. The third-order valence-corrected chi connectivity index (χ3v) is 2.95. The van der Waals surface area contributed by atoms with E-state index in [2.05, 4.69) is 0 Å². The van der Waals surface area contributed by atoms with E-state index in [4.69, 9.17) is 11.6 Å². The van der Waals surface area contributed by atoms with Crippen LogP contribution in [0.1, 0.15) is 22.1 Å². The van der Waals surface area contributed by atoms with E-state index < -0.39 is 0 Å². The largest absolute Gasteiger partial charge is 0.207 e. The summed E-state index contributed by atoms with van der Waals surface area (Å²) in [6, 6.07) is 14.6. The molecule has 0 aromatic heterocycles. The van der Waals surface area contributed by atoms with E-state index in [1.807, 2.05) is 43.3 Å². The highest BCUT2D eigenvalue weighted by atomic mass is 35.5. The molecule has 0 saturated heterocycles. The Balaban J connectivity index is 2.37. The van der Waals surface area contributed by atoms with Crippen molar-refractivity contribution in [3.8, 4) is 0 Å². The van der Waals surface area contributed by atoms with Crippen LogP contribution in [0.5, 0.6) is 0 Å². The molecule has 0 aliphatic rings. The van der Waals surface area contributed by atoms with E-state index in [-0.39, 0.29) is 11.2 Å². The maximum atomic E-state index is 13.2. The first-order valence-electron chi connectivity index (χ1n) is 5.13. The molecule has 82 valence electrons. The Morgan fingerprint density at radius 1 is 1.00 bits per heavy atom. The van der Waals surface area contributed by atoms with Gasteiger partial charge < -0.3 is 0 Å². The molecule has 0 saturated carbocycles. The van der Waals surface area contributed by atoms with Crippen molar-refractivity contribution >= 4 is 11.6 Å². The molecular weight excluding hydrogens is 223 g/mol. The van der Waals surface area contributed by atoms with Crippen LogP contribution in [0, 0.1) is 12.7 Å². The second-order valence-corrected chi connectivity index (χ2v) is 4.27. The van der Waals surface area contributed by atoms with Crippen molar-refractivity contribution in [3.63, 3.8) is 0 Å². The zero-order valence-electron chi connectivity index (χ0n) is 8.95. The number of hydrogen-bond donors (Lipinski definition) is 0. The summed E-state index contributed by atoms with van der Waals surface area (Å²) in [5, 5.41) is -0.296. The van der Waals surface area contributed by atoms with Crippen molar-refractivity contribution < 1.29 is 4.39 Å². The molecule has 0 radical (unpaired) electrons. The minimum absolute atomic E-state index is 0.239. The van der Waals surface area contributed by atoms with Crippen LogP contribution in [-0.2, 0) is 0 Å². The van der Waals surface area contributed by atoms with Gasteiger partial charge in [-0.15, -0.1) is 11.6 Å². The van der Waals surface area contributed by atoms with Gasteiger partial charge in [-0.1, -0.05) is 36.4 Å². The minimum Gasteiger partial charge on any atom is -0.207 e. The van der Waals surface area contributed by atoms with E-state index in [0.29, 0.717) is 0 Å². The predicted molar refractivity (Wildman–Crippen MR) is 65.3 cm³/mol. The maximum absolute atomic E-state index is 13.2. The molecule has 0 N–H and O–H groups in total. The van der Waals surface area contributed by atoms with Crippen molar-refractivity contribution in [2.24, 2.45) is 0 Å². The van der Waals surface area contributed by atoms with Gasteiger partial charge in [-0.2, -0.15) is 0 Å². The lowest BCUT2D eigenvalue weighted by molar-refractivity contribution is 0.624. The topological polar surface area (TPSA) is 0 Å². The van der Waals surface area contributed by atoms with Gasteiger partial charge in [-0.25, -0.2) is 4.39 Å². The summed E-state index contributed by atoms with van der Waals surface area (Å²) < 4.78 is 13.2. The summed E-state index contributed by atoms with van der Waals surface area (Å²) in [5.74, 6) is -0.239. The van der Waals surface area contributed by atoms with Crippen LogP contribution < -0.4 is 0 Å². The first-order valence-corrected chi connectivity index (χ1v) is 5.56. The van der Waals surface area contributed by atoms with Gasteiger partial charge in [0, 0.05) is 0 Å². The Hall–Kier alpha value is -1.34. The van der Waals surface area contributed by atoms with Crippen molar-refractivity contribution in [3.05, 3.63) is 71.0 Å². The average Bonchev–Trinajstić information content (AvgIpc) is 2.28. The van der Waals surface area contributed by atoms with Crippen LogP contribution in [0.25, 0.3) is 0 Å². The quantitative estimate of drug-likeness (QED) is 0.673. The number of rotatable bonds is 2. The summed E-state index contributed by atoms with van der Waals surface area (Å²) in [6.45, 7) is 1.86. The van der Waals surface area contributed by atoms with Gasteiger partial charge in [0.05, 0.1) is 5.38 Å². The summed E-state index contributed by atoms with van der Waals surface area (Å²) >= 11 is 6.31. The maximum Gasteiger partial charge on any atom is 0.123 e. The fraction of sp³-hybridized carbons (Fsp3) is 0.143. The van der Waals surface area contributed by atoms with Gasteiger partial charge in [-0.3, -0.25) is 0 Å². The van der Waals surface area contributed by atoms with Crippen LogP contribution >= 0.6 is 11.6 Å². The van der Waals surface area contributed by atoms with Crippen LogP contribution in [-0.4, -0.2) is 0 Å². The highest BCUT2D eigenvalue weighted by Crippen LogP contribution is 2.29. The zero-order chi connectivity index (χ0) is 11.5. The molecule has 0 nitrogen and oxygen atoms in total. The molecule has 1 unspecified atom stereocenters. The molecule has 0 bridgehead atoms. The van der Waals surface area contributed by atoms with Crippen LogP contribution in [0.15, 0.2) is 48.5 Å². The molecule has 0 spiro atoms. The SMILES string of the molecule is Cc1cc(F)cc(C(Cl)c2ccccc2)c1. The molecule has 0 aliphatic carbocycles. The Morgan fingerprint density at radius 3 is 2.31 bits per heavy atom. The highest BCUT2D eigenvalue weighted by molar-refractivity contribution is 6.22. The second kappa shape index (κ2) is 4.67. The van der Waals surface area contributed by atoms with Crippen LogP contribution in [0.2, 0.25) is 0 Å². The Labute approximate surface area is 99.7 Å². The van der Waals surface area contributed by atoms with Gasteiger partial charge in [0.1, 0.15) is 5.82 Å². The second-order valence-electron chi connectivity index (χ2n) is 3.84. The monoisotopic (exact) mass is 234 g/mol. The van der Waals surface area contributed by atoms with Crippen molar-refractivity contribution in [1.82, 2.24) is 0 Å². The van der Waals surface area contributed by atoms with Gasteiger partial charge in [-0.05, 0) is 35.7 Å². The fourth-order valence-corrected chi connectivity index (χ4v) is 2.00. The first kappa shape index (κ1) is 11.2. The molecule has 2 heteroatoms. The lowest BCUT2D eigenvalue weighted by Crippen LogP contribution is -1.94. The standard InChI is InChI=1S/C14H12ClF/c1-10-7-12(9-13(16)8-10)14(15)11-5-3-2-4-6-11/h2-9,14H,1H3. The number of aryl methyl sites for hydroxylation is 1. The van der Waals surface area contributed by atoms with Gasteiger partial charge in [0.2, 0.25) is 0 Å². The summed E-state index contributed by atoms with van der Waals surface area (Å²) in [7, 11) is 0. The lowest BCUT2D eigenvalue weighted by Gasteiger charge is -2.11. The molecule has 0 aliphatic heterocycles.